The number of amides is 1. The van der Waals surface area contributed by atoms with Crippen LogP contribution in [0.1, 0.15) is 57.9 Å². The first-order valence-electron chi connectivity index (χ1n) is 8.19. The van der Waals surface area contributed by atoms with E-state index in [-0.39, 0.29) is 30.0 Å². The van der Waals surface area contributed by atoms with Crippen molar-refractivity contribution in [1.29, 1.82) is 0 Å². The van der Waals surface area contributed by atoms with Crippen LogP contribution in [-0.2, 0) is 16.4 Å². The number of carbonyl (C=O) groups excluding carboxylic acids is 2. The molecule has 0 saturated carbocycles. The number of furan rings is 1. The number of nitrogens with zero attached hydrogens (tertiary/aromatic N) is 1. The van der Waals surface area contributed by atoms with Gasteiger partial charge in [-0.2, -0.15) is 0 Å². The molecule has 1 fully saturated rings. The van der Waals surface area contributed by atoms with E-state index in [1.807, 2.05) is 0 Å². The van der Waals surface area contributed by atoms with Crippen molar-refractivity contribution in [2.24, 2.45) is 0 Å². The normalized spacial score (nSPS) is 22.2. The molecule has 1 unspecified atom stereocenters. The van der Waals surface area contributed by atoms with Crippen molar-refractivity contribution in [3.63, 3.8) is 0 Å². The van der Waals surface area contributed by atoms with Gasteiger partial charge >= 0.3 is 0 Å². The van der Waals surface area contributed by atoms with Gasteiger partial charge in [-0.15, -0.1) is 0 Å². The molecule has 132 valence electrons. The third-order valence-electron chi connectivity index (χ3n) is 4.70. The number of piperidine rings is 1. The van der Waals surface area contributed by atoms with E-state index in [1.54, 1.807) is 6.92 Å². The van der Waals surface area contributed by atoms with Crippen LogP contribution in [0.3, 0.4) is 0 Å². The lowest BCUT2D eigenvalue weighted by molar-refractivity contribution is 0.0888. The molecule has 1 amide bonds. The van der Waals surface area contributed by atoms with Crippen LogP contribution < -0.4 is 5.32 Å². The molecule has 8 heteroatoms. The second kappa shape index (κ2) is 6.33. The van der Waals surface area contributed by atoms with Gasteiger partial charge in [0.15, 0.2) is 11.5 Å². The fourth-order valence-electron chi connectivity index (χ4n) is 3.48. The van der Waals surface area contributed by atoms with Crippen LogP contribution in [-0.4, -0.2) is 49.8 Å². The maximum Gasteiger partial charge on any atom is 0.287 e. The number of carbonyl (C=O) groups is 2. The van der Waals surface area contributed by atoms with Gasteiger partial charge in [0.25, 0.3) is 5.91 Å². The fourth-order valence-corrected chi connectivity index (χ4v) is 4.39. The Balaban J connectivity index is 1.75. The van der Waals surface area contributed by atoms with E-state index in [0.717, 1.165) is 12.8 Å². The maximum absolute atomic E-state index is 12.5. The Morgan fingerprint density at radius 1 is 1.29 bits per heavy atom. The molecule has 0 bridgehead atoms. The lowest BCUT2D eigenvalue weighted by Gasteiger charge is -2.31. The molecule has 7 nitrogen and oxygen atoms in total. The molecule has 24 heavy (non-hydrogen) atoms. The van der Waals surface area contributed by atoms with Gasteiger partial charge in [0.05, 0.1) is 11.8 Å². The van der Waals surface area contributed by atoms with Crippen LogP contribution >= 0.6 is 0 Å². The zero-order valence-electron chi connectivity index (χ0n) is 13.9. The first-order valence-corrected chi connectivity index (χ1v) is 10.0. The average Bonchev–Trinajstić information content (AvgIpc) is 2.85. The van der Waals surface area contributed by atoms with E-state index < -0.39 is 10.0 Å². The van der Waals surface area contributed by atoms with Crippen LogP contribution in [0.15, 0.2) is 4.42 Å². The molecule has 1 saturated heterocycles. The standard InChI is InChI=1S/C16H22N2O5S/c1-10-14-12(19)6-3-7-13(14)23-15(10)16(20)17-11-5-4-8-18(9-11)24(2,21)22/h11H,3-9H2,1-2H3,(H,17,20). The summed E-state index contributed by atoms with van der Waals surface area (Å²) in [6, 6.07) is -0.252. The number of ketones is 1. The van der Waals surface area contributed by atoms with Gasteiger partial charge in [-0.1, -0.05) is 0 Å². The van der Waals surface area contributed by atoms with Crippen molar-refractivity contribution in [3.8, 4) is 0 Å². The highest BCUT2D eigenvalue weighted by Crippen LogP contribution is 2.29. The van der Waals surface area contributed by atoms with Gasteiger partial charge in [-0.25, -0.2) is 12.7 Å². The second-order valence-electron chi connectivity index (χ2n) is 6.56. The SMILES string of the molecule is Cc1c(C(=O)NC2CCCN(S(C)(=O)=O)C2)oc2c1C(=O)CCC2. The zero-order chi connectivity index (χ0) is 17.5. The second-order valence-corrected chi connectivity index (χ2v) is 8.55. The summed E-state index contributed by atoms with van der Waals surface area (Å²) >= 11 is 0. The number of rotatable bonds is 3. The van der Waals surface area contributed by atoms with Crippen molar-refractivity contribution in [1.82, 2.24) is 9.62 Å². The largest absolute Gasteiger partial charge is 0.455 e. The molecule has 2 aliphatic rings. The molecule has 0 spiro atoms. The van der Waals surface area contributed by atoms with Crippen LogP contribution in [0, 0.1) is 6.92 Å². The summed E-state index contributed by atoms with van der Waals surface area (Å²) in [6.07, 6.45) is 4.49. The molecule has 0 radical (unpaired) electrons. The van der Waals surface area contributed by atoms with E-state index in [2.05, 4.69) is 5.32 Å². The van der Waals surface area contributed by atoms with Gasteiger partial charge in [-0.05, 0) is 26.2 Å². The predicted octanol–water partition coefficient (Wildman–Crippen LogP) is 1.26. The Kier molecular flexibility index (Phi) is 4.52. The van der Waals surface area contributed by atoms with Gasteiger partial charge in [0.2, 0.25) is 10.0 Å². The molecule has 1 aromatic heterocycles. The molecular weight excluding hydrogens is 332 g/mol. The fraction of sp³-hybridized carbons (Fsp3) is 0.625. The van der Waals surface area contributed by atoms with Crippen LogP contribution in [0.4, 0.5) is 0 Å². The third-order valence-corrected chi connectivity index (χ3v) is 5.97. The van der Waals surface area contributed by atoms with Crippen molar-refractivity contribution >= 4 is 21.7 Å². The summed E-state index contributed by atoms with van der Waals surface area (Å²) in [4.78, 5) is 24.6. The molecular formula is C16H22N2O5S. The van der Waals surface area contributed by atoms with Crippen LogP contribution in [0.5, 0.6) is 0 Å². The lowest BCUT2D eigenvalue weighted by Crippen LogP contribution is -2.49. The minimum absolute atomic E-state index is 0.0254. The Morgan fingerprint density at radius 3 is 2.71 bits per heavy atom. The van der Waals surface area contributed by atoms with Gasteiger partial charge in [-0.3, -0.25) is 9.59 Å². The smallest absolute Gasteiger partial charge is 0.287 e. The number of hydrogen-bond acceptors (Lipinski definition) is 5. The topological polar surface area (TPSA) is 96.7 Å². The molecule has 2 heterocycles. The molecule has 1 aliphatic carbocycles. The van der Waals surface area contributed by atoms with E-state index >= 15 is 0 Å². The Bertz CT molecular complexity index is 781. The number of nitrogens with one attached hydrogen (secondary N) is 1. The number of Topliss-reactive ketones (excluding diaryl/α,β-unsaturated/α-hetero) is 1. The first-order chi connectivity index (χ1) is 11.3. The Hall–Kier alpha value is -1.67. The molecule has 3 rings (SSSR count). The number of hydrogen-bond donors (Lipinski definition) is 1. The molecule has 1 aliphatic heterocycles. The molecule has 1 N–H and O–H groups in total. The summed E-state index contributed by atoms with van der Waals surface area (Å²) in [5.41, 5.74) is 1.13. The van der Waals surface area contributed by atoms with E-state index in [0.29, 0.717) is 42.7 Å². The number of aryl methyl sites for hydroxylation is 1. The Labute approximate surface area is 141 Å². The molecule has 1 atom stereocenters. The first kappa shape index (κ1) is 17.2. The van der Waals surface area contributed by atoms with E-state index in [1.165, 1.54) is 10.6 Å². The number of sulfonamides is 1. The lowest BCUT2D eigenvalue weighted by atomic mass is 9.94. The highest BCUT2D eigenvalue weighted by molar-refractivity contribution is 7.88. The highest BCUT2D eigenvalue weighted by atomic mass is 32.2. The quantitative estimate of drug-likeness (QED) is 0.881. The van der Waals surface area contributed by atoms with Crippen molar-refractivity contribution in [3.05, 3.63) is 22.6 Å². The summed E-state index contributed by atoms with van der Waals surface area (Å²) in [5.74, 6) is 0.412. The van der Waals surface area contributed by atoms with Crippen molar-refractivity contribution < 1.29 is 22.4 Å². The van der Waals surface area contributed by atoms with E-state index in [9.17, 15) is 18.0 Å². The van der Waals surface area contributed by atoms with Gasteiger partial charge in [0, 0.05) is 37.5 Å². The Morgan fingerprint density at radius 2 is 2.04 bits per heavy atom. The van der Waals surface area contributed by atoms with Crippen molar-refractivity contribution in [2.45, 2.75) is 45.1 Å². The van der Waals surface area contributed by atoms with Crippen molar-refractivity contribution in [2.75, 3.05) is 19.3 Å². The highest BCUT2D eigenvalue weighted by Gasteiger charge is 2.31. The minimum atomic E-state index is -3.26. The predicted molar refractivity (Wildman–Crippen MR) is 87.6 cm³/mol. The third kappa shape index (κ3) is 3.25. The number of fused-ring (bicyclic) bond motifs is 1. The van der Waals surface area contributed by atoms with E-state index in [4.69, 9.17) is 4.42 Å². The minimum Gasteiger partial charge on any atom is -0.455 e. The zero-order valence-corrected chi connectivity index (χ0v) is 14.7. The van der Waals surface area contributed by atoms with Crippen LogP contribution in [0.2, 0.25) is 0 Å². The molecule has 1 aromatic rings. The summed E-state index contributed by atoms with van der Waals surface area (Å²) in [6.45, 7) is 2.47. The monoisotopic (exact) mass is 354 g/mol. The maximum atomic E-state index is 12.5. The molecule has 0 aromatic carbocycles. The summed E-state index contributed by atoms with van der Waals surface area (Å²) in [7, 11) is -3.26. The average molecular weight is 354 g/mol. The summed E-state index contributed by atoms with van der Waals surface area (Å²) in [5, 5.41) is 2.85. The summed E-state index contributed by atoms with van der Waals surface area (Å²) < 4.78 is 30.4. The van der Waals surface area contributed by atoms with Crippen LogP contribution in [0.25, 0.3) is 0 Å². The van der Waals surface area contributed by atoms with Gasteiger partial charge in [0.1, 0.15) is 5.76 Å². The van der Waals surface area contributed by atoms with Gasteiger partial charge < -0.3 is 9.73 Å².